The van der Waals surface area contributed by atoms with Crippen molar-refractivity contribution in [2.24, 2.45) is 0 Å². The molecule has 1 N–H and O–H groups in total. The highest BCUT2D eigenvalue weighted by Gasteiger charge is 2.14. The molecule has 0 spiro atoms. The quantitative estimate of drug-likeness (QED) is 0.776. The molecule has 0 aliphatic carbocycles. The SMILES string of the molecule is CN(C)c1nn(CC(=O)Nc2ccc(F)cc2)cc1-c1ccccc1. The first-order valence-electron chi connectivity index (χ1n) is 7.88. The lowest BCUT2D eigenvalue weighted by molar-refractivity contribution is -0.116. The number of hydrogen-bond acceptors (Lipinski definition) is 3. The molecule has 0 atom stereocenters. The second-order valence-corrected chi connectivity index (χ2v) is 5.88. The minimum absolute atomic E-state index is 0.0745. The topological polar surface area (TPSA) is 50.2 Å². The van der Waals surface area contributed by atoms with Gasteiger partial charge in [0.2, 0.25) is 5.91 Å². The van der Waals surface area contributed by atoms with E-state index in [0.717, 1.165) is 16.9 Å². The average molecular weight is 338 g/mol. The van der Waals surface area contributed by atoms with E-state index in [1.54, 1.807) is 4.68 Å². The van der Waals surface area contributed by atoms with Crippen molar-refractivity contribution >= 4 is 17.4 Å². The second-order valence-electron chi connectivity index (χ2n) is 5.88. The number of carbonyl (C=O) groups is 1. The third kappa shape index (κ3) is 4.03. The lowest BCUT2D eigenvalue weighted by Gasteiger charge is -2.11. The Labute approximate surface area is 145 Å². The summed E-state index contributed by atoms with van der Waals surface area (Å²) in [5.41, 5.74) is 2.55. The zero-order chi connectivity index (χ0) is 17.8. The van der Waals surface area contributed by atoms with Gasteiger partial charge >= 0.3 is 0 Å². The molecule has 25 heavy (non-hydrogen) atoms. The number of aromatic nitrogens is 2. The van der Waals surface area contributed by atoms with Gasteiger partial charge in [-0.2, -0.15) is 5.10 Å². The highest BCUT2D eigenvalue weighted by molar-refractivity contribution is 5.90. The van der Waals surface area contributed by atoms with Gasteiger partial charge in [-0.1, -0.05) is 30.3 Å². The molecule has 1 amide bonds. The zero-order valence-electron chi connectivity index (χ0n) is 14.1. The van der Waals surface area contributed by atoms with E-state index in [4.69, 9.17) is 0 Å². The molecule has 0 aliphatic rings. The molecular formula is C19H19FN4O. The van der Waals surface area contributed by atoms with Crippen LogP contribution in [0.25, 0.3) is 11.1 Å². The Morgan fingerprint density at radius 1 is 1.12 bits per heavy atom. The number of hydrogen-bond donors (Lipinski definition) is 1. The van der Waals surface area contributed by atoms with Gasteiger partial charge < -0.3 is 10.2 Å². The monoisotopic (exact) mass is 338 g/mol. The van der Waals surface area contributed by atoms with Crippen LogP contribution >= 0.6 is 0 Å². The number of amides is 1. The lowest BCUT2D eigenvalue weighted by Crippen LogP contribution is -2.19. The minimum Gasteiger partial charge on any atom is -0.361 e. The molecule has 0 bridgehead atoms. The number of carbonyl (C=O) groups excluding carboxylic acids is 1. The fraction of sp³-hybridized carbons (Fsp3) is 0.158. The van der Waals surface area contributed by atoms with Gasteiger partial charge in [0.1, 0.15) is 12.4 Å². The first-order valence-corrected chi connectivity index (χ1v) is 7.88. The molecule has 6 heteroatoms. The summed E-state index contributed by atoms with van der Waals surface area (Å²) >= 11 is 0. The van der Waals surface area contributed by atoms with E-state index in [2.05, 4.69) is 10.4 Å². The maximum atomic E-state index is 12.9. The van der Waals surface area contributed by atoms with Crippen LogP contribution in [-0.4, -0.2) is 29.8 Å². The maximum absolute atomic E-state index is 12.9. The van der Waals surface area contributed by atoms with E-state index in [0.29, 0.717) is 5.69 Å². The molecule has 0 radical (unpaired) electrons. The Morgan fingerprint density at radius 2 is 1.80 bits per heavy atom. The van der Waals surface area contributed by atoms with Crippen LogP contribution in [-0.2, 0) is 11.3 Å². The summed E-state index contributed by atoms with van der Waals surface area (Å²) in [6.45, 7) is 0.0745. The third-order valence-corrected chi connectivity index (χ3v) is 3.68. The average Bonchev–Trinajstić information content (AvgIpc) is 3.02. The normalized spacial score (nSPS) is 10.5. The molecule has 3 aromatic rings. The van der Waals surface area contributed by atoms with Gasteiger partial charge in [0.15, 0.2) is 5.82 Å². The Bertz CT molecular complexity index is 857. The van der Waals surface area contributed by atoms with Gasteiger partial charge in [-0.3, -0.25) is 9.48 Å². The van der Waals surface area contributed by atoms with Crippen molar-refractivity contribution in [1.29, 1.82) is 0 Å². The van der Waals surface area contributed by atoms with E-state index in [9.17, 15) is 9.18 Å². The van der Waals surface area contributed by atoms with Crippen molar-refractivity contribution in [3.8, 4) is 11.1 Å². The minimum atomic E-state index is -0.340. The summed E-state index contributed by atoms with van der Waals surface area (Å²) in [7, 11) is 3.83. The molecule has 0 unspecified atom stereocenters. The second kappa shape index (κ2) is 7.17. The molecule has 3 rings (SSSR count). The Morgan fingerprint density at radius 3 is 2.44 bits per heavy atom. The number of nitrogens with one attached hydrogen (secondary N) is 1. The highest BCUT2D eigenvalue weighted by atomic mass is 19.1. The Balaban J connectivity index is 1.78. The van der Waals surface area contributed by atoms with Crippen LogP contribution in [0.1, 0.15) is 0 Å². The lowest BCUT2D eigenvalue weighted by atomic mass is 10.1. The van der Waals surface area contributed by atoms with Crippen LogP contribution in [0.5, 0.6) is 0 Å². The summed E-state index contributed by atoms with van der Waals surface area (Å²) in [6.07, 6.45) is 1.86. The summed E-state index contributed by atoms with van der Waals surface area (Å²) in [4.78, 5) is 14.1. The molecule has 2 aromatic carbocycles. The number of rotatable bonds is 5. The van der Waals surface area contributed by atoms with Crippen molar-refractivity contribution in [3.63, 3.8) is 0 Å². The van der Waals surface area contributed by atoms with Crippen LogP contribution in [0, 0.1) is 5.82 Å². The summed E-state index contributed by atoms with van der Waals surface area (Å²) in [6, 6.07) is 15.6. The van der Waals surface area contributed by atoms with Gasteiger partial charge in [0, 0.05) is 31.5 Å². The van der Waals surface area contributed by atoms with E-state index < -0.39 is 0 Å². The molecule has 128 valence electrons. The van der Waals surface area contributed by atoms with Crippen LogP contribution in [0.3, 0.4) is 0 Å². The van der Waals surface area contributed by atoms with Crippen molar-refractivity contribution in [2.45, 2.75) is 6.54 Å². The summed E-state index contributed by atoms with van der Waals surface area (Å²) in [5.74, 6) is 0.230. The fourth-order valence-electron chi connectivity index (χ4n) is 2.52. The predicted octanol–water partition coefficient (Wildman–Crippen LogP) is 3.39. The van der Waals surface area contributed by atoms with Crippen LogP contribution < -0.4 is 10.2 Å². The summed E-state index contributed by atoms with van der Waals surface area (Å²) in [5, 5.41) is 7.24. The Hall–Kier alpha value is -3.15. The van der Waals surface area contributed by atoms with E-state index in [1.165, 1.54) is 24.3 Å². The maximum Gasteiger partial charge on any atom is 0.246 e. The molecule has 5 nitrogen and oxygen atoms in total. The predicted molar refractivity (Wildman–Crippen MR) is 97.0 cm³/mol. The largest absolute Gasteiger partial charge is 0.361 e. The van der Waals surface area contributed by atoms with Crippen molar-refractivity contribution in [2.75, 3.05) is 24.3 Å². The van der Waals surface area contributed by atoms with Crippen LogP contribution in [0.2, 0.25) is 0 Å². The molecule has 0 saturated carbocycles. The van der Waals surface area contributed by atoms with Gasteiger partial charge in [-0.25, -0.2) is 4.39 Å². The van der Waals surface area contributed by atoms with E-state index in [-0.39, 0.29) is 18.3 Å². The van der Waals surface area contributed by atoms with Crippen LogP contribution in [0.4, 0.5) is 15.9 Å². The molecule has 0 saturated heterocycles. The third-order valence-electron chi connectivity index (χ3n) is 3.68. The first-order chi connectivity index (χ1) is 12.0. The smallest absolute Gasteiger partial charge is 0.246 e. The number of benzene rings is 2. The van der Waals surface area contributed by atoms with Crippen molar-refractivity contribution < 1.29 is 9.18 Å². The van der Waals surface area contributed by atoms with Gasteiger partial charge in [0.25, 0.3) is 0 Å². The number of halogens is 1. The molecule has 0 fully saturated rings. The van der Waals surface area contributed by atoms with Crippen molar-refractivity contribution in [3.05, 3.63) is 66.6 Å². The van der Waals surface area contributed by atoms with Gasteiger partial charge in [0.05, 0.1) is 0 Å². The number of anilines is 2. The Kier molecular flexibility index (Phi) is 4.79. The van der Waals surface area contributed by atoms with Gasteiger partial charge in [-0.05, 0) is 29.8 Å². The van der Waals surface area contributed by atoms with Crippen LogP contribution in [0.15, 0.2) is 60.8 Å². The van der Waals surface area contributed by atoms with E-state index >= 15 is 0 Å². The molecule has 1 heterocycles. The molecule has 1 aromatic heterocycles. The van der Waals surface area contributed by atoms with Gasteiger partial charge in [-0.15, -0.1) is 0 Å². The fourth-order valence-corrected chi connectivity index (χ4v) is 2.52. The van der Waals surface area contributed by atoms with E-state index in [1.807, 2.05) is 55.5 Å². The number of nitrogens with zero attached hydrogens (tertiary/aromatic N) is 3. The first kappa shape index (κ1) is 16.7. The zero-order valence-corrected chi connectivity index (χ0v) is 14.1. The molecule has 0 aliphatic heterocycles. The van der Waals surface area contributed by atoms with Crippen molar-refractivity contribution in [1.82, 2.24) is 9.78 Å². The highest BCUT2D eigenvalue weighted by Crippen LogP contribution is 2.28. The summed E-state index contributed by atoms with van der Waals surface area (Å²) < 4.78 is 14.5. The standard InChI is InChI=1S/C19H19FN4O/c1-23(2)19-17(14-6-4-3-5-7-14)12-24(22-19)13-18(25)21-16-10-8-15(20)9-11-16/h3-12H,13H2,1-2H3,(H,21,25). The molecular weight excluding hydrogens is 319 g/mol.